The molecule has 0 radical (unpaired) electrons. The van der Waals surface area contributed by atoms with Crippen molar-refractivity contribution >= 4 is 17.3 Å². The summed E-state index contributed by atoms with van der Waals surface area (Å²) < 4.78 is 0. The monoisotopic (exact) mass is 374 g/mol. The zero-order valence-corrected chi connectivity index (χ0v) is 16.3. The van der Waals surface area contributed by atoms with E-state index in [4.69, 9.17) is 0 Å². The van der Waals surface area contributed by atoms with Crippen LogP contribution >= 0.6 is 0 Å². The van der Waals surface area contributed by atoms with Gasteiger partial charge in [0.05, 0.1) is 11.0 Å². The molecule has 0 spiro atoms. The molecule has 1 aromatic rings. The first-order valence-corrected chi connectivity index (χ1v) is 9.99. The van der Waals surface area contributed by atoms with Gasteiger partial charge in [0, 0.05) is 50.0 Å². The first kappa shape index (κ1) is 19.6. The van der Waals surface area contributed by atoms with Crippen LogP contribution in [0.1, 0.15) is 39.5 Å². The molecule has 148 valence electrons. The SMILES string of the molecule is C[C@H](C(=O)N[C@H]1CCCC[C@@H]1C)N1CCN(c2ccc([N+](=O)[O-])cc2)CC1. The highest BCUT2D eigenvalue weighted by Crippen LogP contribution is 2.24. The van der Waals surface area contributed by atoms with E-state index in [0.717, 1.165) is 38.3 Å². The summed E-state index contributed by atoms with van der Waals surface area (Å²) >= 11 is 0. The molecule has 1 N–H and O–H groups in total. The van der Waals surface area contributed by atoms with E-state index in [9.17, 15) is 14.9 Å². The number of piperazine rings is 1. The Morgan fingerprint density at radius 3 is 2.37 bits per heavy atom. The summed E-state index contributed by atoms with van der Waals surface area (Å²) in [6.07, 6.45) is 4.77. The third kappa shape index (κ3) is 4.77. The lowest BCUT2D eigenvalue weighted by molar-refractivity contribution is -0.384. The number of nitro groups is 1. The van der Waals surface area contributed by atoms with Crippen LogP contribution in [-0.2, 0) is 4.79 Å². The number of rotatable bonds is 5. The fourth-order valence-electron chi connectivity index (χ4n) is 4.15. The van der Waals surface area contributed by atoms with E-state index < -0.39 is 0 Å². The molecule has 7 nitrogen and oxygen atoms in total. The summed E-state index contributed by atoms with van der Waals surface area (Å²) in [6.45, 7) is 7.48. The molecule has 2 aliphatic rings. The maximum atomic E-state index is 12.7. The van der Waals surface area contributed by atoms with Gasteiger partial charge < -0.3 is 10.2 Å². The molecular formula is C20H30N4O3. The van der Waals surface area contributed by atoms with Crippen LogP contribution in [-0.4, -0.2) is 54.0 Å². The first-order valence-electron chi connectivity index (χ1n) is 9.99. The molecule has 1 aliphatic carbocycles. The van der Waals surface area contributed by atoms with Gasteiger partial charge in [-0.05, 0) is 37.8 Å². The Morgan fingerprint density at radius 1 is 1.15 bits per heavy atom. The zero-order chi connectivity index (χ0) is 19.4. The number of nitro benzene ring substituents is 1. The lowest BCUT2D eigenvalue weighted by Gasteiger charge is -2.39. The van der Waals surface area contributed by atoms with Gasteiger partial charge in [-0.2, -0.15) is 0 Å². The van der Waals surface area contributed by atoms with Crippen molar-refractivity contribution in [1.82, 2.24) is 10.2 Å². The average Bonchev–Trinajstić information content (AvgIpc) is 2.69. The summed E-state index contributed by atoms with van der Waals surface area (Å²) in [4.78, 5) is 27.5. The van der Waals surface area contributed by atoms with Gasteiger partial charge in [-0.25, -0.2) is 0 Å². The largest absolute Gasteiger partial charge is 0.369 e. The number of anilines is 1. The Hall–Kier alpha value is -2.15. The minimum atomic E-state index is -0.380. The van der Waals surface area contributed by atoms with Crippen LogP contribution in [0.5, 0.6) is 0 Å². The van der Waals surface area contributed by atoms with Crippen LogP contribution in [0.25, 0.3) is 0 Å². The number of hydrogen-bond donors (Lipinski definition) is 1. The quantitative estimate of drug-likeness (QED) is 0.633. The molecule has 7 heteroatoms. The van der Waals surface area contributed by atoms with E-state index in [2.05, 4.69) is 22.0 Å². The molecule has 3 atom stereocenters. The van der Waals surface area contributed by atoms with Crippen molar-refractivity contribution in [3.8, 4) is 0 Å². The second-order valence-corrected chi connectivity index (χ2v) is 7.85. The number of nitrogens with one attached hydrogen (secondary N) is 1. The normalized spacial score (nSPS) is 25.0. The standard InChI is InChI=1S/C20H30N4O3/c1-15-5-3-4-6-19(15)21-20(25)16(2)22-11-13-23(14-12-22)17-7-9-18(10-8-17)24(26)27/h7-10,15-16,19H,3-6,11-14H2,1-2H3,(H,21,25)/t15-,16+,19-/m0/s1. The molecule has 1 saturated heterocycles. The molecule has 1 aliphatic heterocycles. The predicted octanol–water partition coefficient (Wildman–Crippen LogP) is 2.80. The molecule has 0 unspecified atom stereocenters. The van der Waals surface area contributed by atoms with Crippen LogP contribution in [0.4, 0.5) is 11.4 Å². The Balaban J connectivity index is 1.50. The van der Waals surface area contributed by atoms with Crippen LogP contribution in [0.2, 0.25) is 0 Å². The lowest BCUT2D eigenvalue weighted by Crippen LogP contribution is -2.55. The zero-order valence-electron chi connectivity index (χ0n) is 16.3. The van der Waals surface area contributed by atoms with Crippen LogP contribution in [0.3, 0.4) is 0 Å². The van der Waals surface area contributed by atoms with Gasteiger partial charge in [0.2, 0.25) is 5.91 Å². The van der Waals surface area contributed by atoms with Gasteiger partial charge in [-0.1, -0.05) is 19.8 Å². The van der Waals surface area contributed by atoms with E-state index >= 15 is 0 Å². The third-order valence-electron chi connectivity index (χ3n) is 6.11. The summed E-state index contributed by atoms with van der Waals surface area (Å²) in [6, 6.07) is 6.88. The number of non-ortho nitro benzene ring substituents is 1. The van der Waals surface area contributed by atoms with Gasteiger partial charge in [-0.3, -0.25) is 19.8 Å². The van der Waals surface area contributed by atoms with Crippen LogP contribution < -0.4 is 10.2 Å². The lowest BCUT2D eigenvalue weighted by atomic mass is 9.86. The molecule has 0 bridgehead atoms. The van der Waals surface area contributed by atoms with Crippen molar-refractivity contribution in [3.63, 3.8) is 0 Å². The number of amides is 1. The van der Waals surface area contributed by atoms with Gasteiger partial charge in [0.25, 0.3) is 5.69 Å². The van der Waals surface area contributed by atoms with E-state index in [1.165, 1.54) is 19.3 Å². The highest BCUT2D eigenvalue weighted by molar-refractivity contribution is 5.81. The molecule has 1 saturated carbocycles. The highest BCUT2D eigenvalue weighted by Gasteiger charge is 2.29. The topological polar surface area (TPSA) is 78.7 Å². The van der Waals surface area contributed by atoms with Crippen molar-refractivity contribution in [1.29, 1.82) is 0 Å². The summed E-state index contributed by atoms with van der Waals surface area (Å²) in [7, 11) is 0. The number of hydrogen-bond acceptors (Lipinski definition) is 5. The maximum absolute atomic E-state index is 12.7. The number of benzene rings is 1. The molecule has 0 aromatic heterocycles. The van der Waals surface area contributed by atoms with Crippen molar-refractivity contribution in [2.45, 2.75) is 51.6 Å². The second-order valence-electron chi connectivity index (χ2n) is 7.85. The number of nitrogens with zero attached hydrogens (tertiary/aromatic N) is 3. The Labute approximate surface area is 160 Å². The van der Waals surface area contributed by atoms with Gasteiger partial charge in [0.15, 0.2) is 0 Å². The molecule has 1 aromatic carbocycles. The summed E-state index contributed by atoms with van der Waals surface area (Å²) in [5, 5.41) is 14.0. The van der Waals surface area contributed by atoms with Crippen molar-refractivity contribution < 1.29 is 9.72 Å². The van der Waals surface area contributed by atoms with Gasteiger partial charge >= 0.3 is 0 Å². The van der Waals surface area contributed by atoms with Crippen molar-refractivity contribution in [2.24, 2.45) is 5.92 Å². The fraction of sp³-hybridized carbons (Fsp3) is 0.650. The number of carbonyl (C=O) groups excluding carboxylic acids is 1. The van der Waals surface area contributed by atoms with E-state index in [0.29, 0.717) is 12.0 Å². The highest BCUT2D eigenvalue weighted by atomic mass is 16.6. The Bertz CT molecular complexity index is 656. The van der Waals surface area contributed by atoms with Gasteiger partial charge in [0.1, 0.15) is 0 Å². The molecule has 27 heavy (non-hydrogen) atoms. The minimum absolute atomic E-state index is 0.111. The predicted molar refractivity (Wildman–Crippen MR) is 106 cm³/mol. The van der Waals surface area contributed by atoms with E-state index in [-0.39, 0.29) is 22.6 Å². The average molecular weight is 374 g/mol. The van der Waals surface area contributed by atoms with Crippen LogP contribution in [0, 0.1) is 16.0 Å². The van der Waals surface area contributed by atoms with Crippen molar-refractivity contribution in [2.75, 3.05) is 31.1 Å². The summed E-state index contributed by atoms with van der Waals surface area (Å²) in [5.74, 6) is 0.700. The minimum Gasteiger partial charge on any atom is -0.369 e. The van der Waals surface area contributed by atoms with E-state index in [1.807, 2.05) is 6.92 Å². The van der Waals surface area contributed by atoms with Crippen LogP contribution in [0.15, 0.2) is 24.3 Å². The Morgan fingerprint density at radius 2 is 1.78 bits per heavy atom. The summed E-state index contributed by atoms with van der Waals surface area (Å²) in [5.41, 5.74) is 1.10. The first-order chi connectivity index (χ1) is 13.0. The van der Waals surface area contributed by atoms with Crippen molar-refractivity contribution in [3.05, 3.63) is 34.4 Å². The van der Waals surface area contributed by atoms with E-state index in [1.54, 1.807) is 24.3 Å². The molecular weight excluding hydrogens is 344 g/mol. The third-order valence-corrected chi connectivity index (χ3v) is 6.11. The molecule has 2 fully saturated rings. The maximum Gasteiger partial charge on any atom is 0.269 e. The Kier molecular flexibility index (Phi) is 6.31. The fourth-order valence-corrected chi connectivity index (χ4v) is 4.15. The van der Waals surface area contributed by atoms with Gasteiger partial charge in [-0.15, -0.1) is 0 Å². The molecule has 1 heterocycles. The second kappa shape index (κ2) is 8.69. The number of carbonyl (C=O) groups is 1. The smallest absolute Gasteiger partial charge is 0.269 e. The molecule has 1 amide bonds. The molecule has 3 rings (SSSR count).